The number of aromatic nitrogens is 5. The van der Waals surface area contributed by atoms with E-state index in [-0.39, 0.29) is 0 Å². The zero-order valence-electron chi connectivity index (χ0n) is 14.0. The molecule has 8 nitrogen and oxygen atoms in total. The zero-order chi connectivity index (χ0) is 17.9. The molecule has 0 saturated heterocycles. The molecule has 9 heteroatoms. The standard InChI is InChI=1S/C17H15N5O3S/c1-3-7-22-15(12-6-9-23-11(12)2)19-21-17(22)26-10-14-18-20-16(25-14)13-5-4-8-24-13/h3-6,8-9H,1,7,10H2,2H3. The lowest BCUT2D eigenvalue weighted by Gasteiger charge is -2.06. The van der Waals surface area contributed by atoms with Gasteiger partial charge in [-0.05, 0) is 25.1 Å². The van der Waals surface area contributed by atoms with Crippen LogP contribution in [0.3, 0.4) is 0 Å². The first-order chi connectivity index (χ1) is 12.8. The van der Waals surface area contributed by atoms with E-state index in [4.69, 9.17) is 13.3 Å². The van der Waals surface area contributed by atoms with Crippen LogP contribution in [0.4, 0.5) is 0 Å². The molecule has 0 amide bonds. The molecule has 4 aromatic rings. The Bertz CT molecular complexity index is 1020. The van der Waals surface area contributed by atoms with Crippen molar-refractivity contribution in [1.29, 1.82) is 0 Å². The Morgan fingerprint density at radius 1 is 1.15 bits per heavy atom. The van der Waals surface area contributed by atoms with Gasteiger partial charge in [0.2, 0.25) is 5.89 Å². The first kappa shape index (κ1) is 16.4. The maximum atomic E-state index is 5.62. The van der Waals surface area contributed by atoms with Crippen LogP contribution in [0.2, 0.25) is 0 Å². The Labute approximate surface area is 152 Å². The van der Waals surface area contributed by atoms with Gasteiger partial charge < -0.3 is 13.3 Å². The maximum Gasteiger partial charge on any atom is 0.283 e. The van der Waals surface area contributed by atoms with Crippen molar-refractivity contribution in [2.24, 2.45) is 0 Å². The van der Waals surface area contributed by atoms with Crippen molar-refractivity contribution in [2.45, 2.75) is 24.4 Å². The molecule has 0 aliphatic carbocycles. The predicted molar refractivity (Wildman–Crippen MR) is 94.2 cm³/mol. The molecule has 0 radical (unpaired) electrons. The van der Waals surface area contributed by atoms with Crippen LogP contribution in [0.15, 0.2) is 61.8 Å². The maximum absolute atomic E-state index is 5.62. The van der Waals surface area contributed by atoms with Crippen LogP contribution in [0, 0.1) is 6.92 Å². The minimum atomic E-state index is 0.355. The highest BCUT2D eigenvalue weighted by atomic mass is 32.2. The third kappa shape index (κ3) is 3.08. The molecule has 0 bridgehead atoms. The van der Waals surface area contributed by atoms with Gasteiger partial charge in [0, 0.05) is 6.54 Å². The van der Waals surface area contributed by atoms with Crippen molar-refractivity contribution in [1.82, 2.24) is 25.0 Å². The van der Waals surface area contributed by atoms with Gasteiger partial charge in [0.25, 0.3) is 5.89 Å². The summed E-state index contributed by atoms with van der Waals surface area (Å²) < 4.78 is 18.2. The van der Waals surface area contributed by atoms with Gasteiger partial charge in [-0.1, -0.05) is 17.8 Å². The van der Waals surface area contributed by atoms with Crippen LogP contribution in [0.5, 0.6) is 0 Å². The van der Waals surface area contributed by atoms with Gasteiger partial charge in [0.1, 0.15) is 5.76 Å². The number of nitrogens with zero attached hydrogens (tertiary/aromatic N) is 5. The van der Waals surface area contributed by atoms with E-state index in [0.717, 1.165) is 22.3 Å². The molecule has 0 aliphatic rings. The molecular weight excluding hydrogens is 354 g/mol. The van der Waals surface area contributed by atoms with Crippen molar-refractivity contribution in [3.05, 3.63) is 55.0 Å². The molecule has 0 fully saturated rings. The minimum Gasteiger partial charge on any atom is -0.469 e. The Morgan fingerprint density at radius 2 is 2.08 bits per heavy atom. The van der Waals surface area contributed by atoms with Gasteiger partial charge >= 0.3 is 0 Å². The molecule has 0 aromatic carbocycles. The largest absolute Gasteiger partial charge is 0.469 e. The number of thioether (sulfide) groups is 1. The molecule has 26 heavy (non-hydrogen) atoms. The highest BCUT2D eigenvalue weighted by Gasteiger charge is 2.18. The van der Waals surface area contributed by atoms with Crippen molar-refractivity contribution in [3.63, 3.8) is 0 Å². The first-order valence-corrected chi connectivity index (χ1v) is 8.82. The monoisotopic (exact) mass is 369 g/mol. The van der Waals surface area contributed by atoms with Crippen LogP contribution in [-0.2, 0) is 12.3 Å². The highest BCUT2D eigenvalue weighted by Crippen LogP contribution is 2.29. The number of allylic oxidation sites excluding steroid dienone is 1. The third-order valence-electron chi connectivity index (χ3n) is 3.65. The summed E-state index contributed by atoms with van der Waals surface area (Å²) >= 11 is 1.46. The van der Waals surface area contributed by atoms with E-state index >= 15 is 0 Å². The number of hydrogen-bond donors (Lipinski definition) is 0. The van der Waals surface area contributed by atoms with E-state index in [0.29, 0.717) is 29.8 Å². The van der Waals surface area contributed by atoms with Gasteiger partial charge in [-0.25, -0.2) is 0 Å². The molecule has 132 valence electrons. The van der Waals surface area contributed by atoms with Crippen LogP contribution in [-0.4, -0.2) is 25.0 Å². The highest BCUT2D eigenvalue weighted by molar-refractivity contribution is 7.98. The fraction of sp³-hybridized carbons (Fsp3) is 0.176. The summed E-state index contributed by atoms with van der Waals surface area (Å²) in [4.78, 5) is 0. The van der Waals surface area contributed by atoms with Crippen molar-refractivity contribution < 1.29 is 13.3 Å². The predicted octanol–water partition coefficient (Wildman–Crippen LogP) is 3.97. The Kier molecular flexibility index (Phi) is 4.44. The zero-order valence-corrected chi connectivity index (χ0v) is 14.8. The molecule has 0 spiro atoms. The smallest absolute Gasteiger partial charge is 0.283 e. The van der Waals surface area contributed by atoms with Crippen molar-refractivity contribution in [2.75, 3.05) is 0 Å². The lowest BCUT2D eigenvalue weighted by molar-refractivity contribution is 0.494. The SMILES string of the molecule is C=CCn1c(SCc2nnc(-c3ccco3)o2)nnc1-c1ccoc1C. The van der Waals surface area contributed by atoms with Crippen molar-refractivity contribution >= 4 is 11.8 Å². The second-order valence-corrected chi connectivity index (χ2v) is 6.31. The van der Waals surface area contributed by atoms with Crippen LogP contribution in [0.1, 0.15) is 11.7 Å². The molecule has 4 heterocycles. The van der Waals surface area contributed by atoms with Crippen LogP contribution >= 0.6 is 11.8 Å². The summed E-state index contributed by atoms with van der Waals surface area (Å²) in [5, 5.41) is 17.4. The summed E-state index contributed by atoms with van der Waals surface area (Å²) in [6.07, 6.45) is 5.00. The first-order valence-electron chi connectivity index (χ1n) is 7.84. The number of rotatable bonds is 7. The van der Waals surface area contributed by atoms with Gasteiger partial charge in [0.15, 0.2) is 16.7 Å². The summed E-state index contributed by atoms with van der Waals surface area (Å²) in [7, 11) is 0. The molecule has 0 atom stereocenters. The second-order valence-electron chi connectivity index (χ2n) is 5.36. The second kappa shape index (κ2) is 7.04. The van der Waals surface area contributed by atoms with E-state index in [1.54, 1.807) is 30.7 Å². The Morgan fingerprint density at radius 3 is 2.81 bits per heavy atom. The van der Waals surface area contributed by atoms with E-state index in [2.05, 4.69) is 27.0 Å². The normalized spacial score (nSPS) is 11.1. The van der Waals surface area contributed by atoms with E-state index in [9.17, 15) is 0 Å². The molecule has 0 saturated carbocycles. The Balaban J connectivity index is 1.54. The third-order valence-corrected chi connectivity index (χ3v) is 4.60. The van der Waals surface area contributed by atoms with E-state index < -0.39 is 0 Å². The van der Waals surface area contributed by atoms with Gasteiger partial charge in [-0.2, -0.15) is 0 Å². The molecule has 0 N–H and O–H groups in total. The van der Waals surface area contributed by atoms with Crippen LogP contribution < -0.4 is 0 Å². The van der Waals surface area contributed by atoms with E-state index in [1.165, 1.54) is 11.8 Å². The summed E-state index contributed by atoms with van der Waals surface area (Å²) in [5.41, 5.74) is 0.907. The Hall–Kier alpha value is -3.07. The average molecular weight is 369 g/mol. The van der Waals surface area contributed by atoms with Gasteiger partial charge in [0.05, 0.1) is 23.8 Å². The quantitative estimate of drug-likeness (QED) is 0.357. The van der Waals surface area contributed by atoms with Gasteiger partial charge in [-0.3, -0.25) is 4.57 Å². The summed E-state index contributed by atoms with van der Waals surface area (Å²) in [5.74, 6) is 3.37. The van der Waals surface area contributed by atoms with Crippen LogP contribution in [0.25, 0.3) is 23.0 Å². The molecule has 0 unspecified atom stereocenters. The summed E-state index contributed by atoms with van der Waals surface area (Å²) in [6.45, 7) is 6.28. The fourth-order valence-corrected chi connectivity index (χ4v) is 3.23. The fourth-order valence-electron chi connectivity index (χ4n) is 2.44. The number of aryl methyl sites for hydroxylation is 1. The van der Waals surface area contributed by atoms with Crippen molar-refractivity contribution in [3.8, 4) is 23.0 Å². The molecule has 4 aromatic heterocycles. The molecule has 0 aliphatic heterocycles. The lowest BCUT2D eigenvalue weighted by Crippen LogP contribution is -2.00. The van der Waals surface area contributed by atoms with E-state index in [1.807, 2.05) is 17.6 Å². The van der Waals surface area contributed by atoms with Gasteiger partial charge in [-0.15, -0.1) is 27.0 Å². The lowest BCUT2D eigenvalue weighted by atomic mass is 10.2. The minimum absolute atomic E-state index is 0.355. The molecule has 4 rings (SSSR count). The summed E-state index contributed by atoms with van der Waals surface area (Å²) in [6, 6.07) is 5.41. The average Bonchev–Trinajstić information content (AvgIpc) is 3.41. The number of hydrogen-bond acceptors (Lipinski definition) is 8. The molecular formula is C17H15N5O3S. The number of furan rings is 2. The topological polar surface area (TPSA) is 95.9 Å².